The predicted octanol–water partition coefficient (Wildman–Crippen LogP) is 7.44. The van der Waals surface area contributed by atoms with Gasteiger partial charge in [0.15, 0.2) is 0 Å². The molecule has 54 heavy (non-hydrogen) atoms. The number of nitrogens with zero attached hydrogens (tertiary/aromatic N) is 2. The first-order valence-corrected chi connectivity index (χ1v) is 18.9. The molecule has 4 bridgehead atoms. The number of halogens is 1. The lowest BCUT2D eigenvalue weighted by atomic mass is 9.62. The van der Waals surface area contributed by atoms with Gasteiger partial charge in [-0.05, 0) is 63.0 Å². The molecule has 0 radical (unpaired) electrons. The molecule has 0 N–H and O–H groups in total. The van der Waals surface area contributed by atoms with E-state index in [9.17, 15) is 14.4 Å². The lowest BCUT2D eigenvalue weighted by Gasteiger charge is -2.46. The quantitative estimate of drug-likeness (QED) is 0.138. The molecule has 278 valence electrons. The molecule has 0 unspecified atom stereocenters. The summed E-state index contributed by atoms with van der Waals surface area (Å²) >= 11 is 3.53. The highest BCUT2D eigenvalue weighted by molar-refractivity contribution is 9.10. The third kappa shape index (κ3) is 6.20. The molecule has 10 heteroatoms. The second-order valence-corrected chi connectivity index (χ2v) is 15.2. The standard InChI is InChI=1S/C44H43BrN2O7/c1-28(48)47(36-23-15-14-22-35(36)45)41(50)38-37(54-29(2)49)24-34-33(25-44(52-4,31-18-10-6-11-19-31)32-20-12-7-13-21-32)40-39(38)43(34,42(51)46(40)3)27-53-26-30-16-8-5-9-17-30/h5-23,33-34,39-40H,24-27H2,1-4H3/t33-,34-,39+,40-,43+/m0/s1. The monoisotopic (exact) mass is 790 g/mol. The highest BCUT2D eigenvalue weighted by Gasteiger charge is 2.75. The Bertz CT molecular complexity index is 2050. The van der Waals surface area contributed by atoms with Crippen molar-refractivity contribution in [2.24, 2.45) is 23.2 Å². The topological polar surface area (TPSA) is 102 Å². The van der Waals surface area contributed by atoms with Crippen molar-refractivity contribution in [2.45, 2.75) is 44.9 Å². The molecule has 2 fully saturated rings. The number of hydrogen-bond donors (Lipinski definition) is 0. The molecular formula is C44H43BrN2O7. The molecule has 2 aliphatic carbocycles. The maximum atomic E-state index is 15.2. The van der Waals surface area contributed by atoms with E-state index in [0.717, 1.165) is 21.6 Å². The van der Waals surface area contributed by atoms with Crippen LogP contribution in [0.1, 0.15) is 43.4 Å². The van der Waals surface area contributed by atoms with E-state index in [1.54, 1.807) is 43.3 Å². The highest BCUT2D eigenvalue weighted by atomic mass is 79.9. The summed E-state index contributed by atoms with van der Waals surface area (Å²) in [6.45, 7) is 2.89. The SMILES string of the molecule is COC(C[C@@H]1[C@H]2[C@H]3C(C(=O)N(C(C)=O)c4ccccc4Br)=C(OC(C)=O)C[C@@H]1[C@@]3(COCc1ccccc1)C(=O)N2C)(c1ccccc1)c1ccccc1. The van der Waals surface area contributed by atoms with Crippen molar-refractivity contribution in [1.82, 2.24) is 4.90 Å². The van der Waals surface area contributed by atoms with E-state index in [0.29, 0.717) is 16.6 Å². The third-order valence-corrected chi connectivity index (χ3v) is 12.3. The van der Waals surface area contributed by atoms with Crippen molar-refractivity contribution in [3.63, 3.8) is 0 Å². The van der Waals surface area contributed by atoms with Crippen LogP contribution in [-0.2, 0) is 45.6 Å². The molecule has 3 amide bonds. The number of hydrogen-bond acceptors (Lipinski definition) is 7. The van der Waals surface area contributed by atoms with Crippen molar-refractivity contribution >= 4 is 45.3 Å². The number of ether oxygens (including phenoxy) is 3. The molecule has 1 saturated carbocycles. The van der Waals surface area contributed by atoms with Gasteiger partial charge in [-0.25, -0.2) is 4.90 Å². The van der Waals surface area contributed by atoms with Crippen LogP contribution in [-0.4, -0.2) is 55.4 Å². The fraction of sp³-hybridized carbons (Fsp3) is 0.318. The molecule has 5 atom stereocenters. The number of carbonyl (C=O) groups excluding carboxylic acids is 4. The Labute approximate surface area is 324 Å². The van der Waals surface area contributed by atoms with Gasteiger partial charge in [0.1, 0.15) is 11.4 Å². The van der Waals surface area contributed by atoms with E-state index in [4.69, 9.17) is 14.2 Å². The maximum absolute atomic E-state index is 15.2. The van der Waals surface area contributed by atoms with Crippen LogP contribution in [0.4, 0.5) is 5.69 Å². The van der Waals surface area contributed by atoms with Crippen molar-refractivity contribution in [2.75, 3.05) is 25.7 Å². The number of rotatable bonds is 12. The van der Waals surface area contributed by atoms with Crippen LogP contribution >= 0.6 is 15.9 Å². The van der Waals surface area contributed by atoms with E-state index < -0.39 is 46.7 Å². The molecule has 0 aromatic heterocycles. The zero-order valence-electron chi connectivity index (χ0n) is 30.7. The number of benzene rings is 4. The molecular weight excluding hydrogens is 748 g/mol. The lowest BCUT2D eigenvalue weighted by Crippen LogP contribution is -2.53. The molecule has 1 aliphatic heterocycles. The fourth-order valence-electron chi connectivity index (χ4n) is 9.51. The molecule has 1 heterocycles. The molecule has 4 aromatic carbocycles. The summed E-state index contributed by atoms with van der Waals surface area (Å²) in [6, 6.07) is 36.2. The predicted molar refractivity (Wildman–Crippen MR) is 207 cm³/mol. The van der Waals surface area contributed by atoms with Gasteiger partial charge in [-0.3, -0.25) is 19.2 Å². The molecule has 7 rings (SSSR count). The number of anilines is 1. The summed E-state index contributed by atoms with van der Waals surface area (Å²) in [6.07, 6.45) is 0.550. The average Bonchev–Trinajstić information content (AvgIpc) is 3.48. The number of allylic oxidation sites excluding steroid dienone is 1. The van der Waals surface area contributed by atoms with Gasteiger partial charge in [-0.2, -0.15) is 0 Å². The zero-order chi connectivity index (χ0) is 38.2. The van der Waals surface area contributed by atoms with Gasteiger partial charge in [-0.1, -0.05) is 103 Å². The van der Waals surface area contributed by atoms with Gasteiger partial charge >= 0.3 is 5.97 Å². The van der Waals surface area contributed by atoms with E-state index in [-0.39, 0.29) is 42.8 Å². The van der Waals surface area contributed by atoms with Crippen molar-refractivity contribution in [3.8, 4) is 0 Å². The van der Waals surface area contributed by atoms with Crippen LogP contribution in [0.15, 0.2) is 131 Å². The Morgan fingerprint density at radius 2 is 1.44 bits per heavy atom. The normalized spacial score (nSPS) is 23.1. The summed E-state index contributed by atoms with van der Waals surface area (Å²) in [5.74, 6) is -3.16. The summed E-state index contributed by atoms with van der Waals surface area (Å²) < 4.78 is 19.6. The number of imide groups is 1. The molecule has 9 nitrogen and oxygen atoms in total. The highest BCUT2D eigenvalue weighted by Crippen LogP contribution is 2.68. The molecule has 0 spiro atoms. The second-order valence-electron chi connectivity index (χ2n) is 14.4. The van der Waals surface area contributed by atoms with Crippen LogP contribution in [0.25, 0.3) is 0 Å². The first kappa shape index (κ1) is 37.4. The van der Waals surface area contributed by atoms with Gasteiger partial charge < -0.3 is 19.1 Å². The minimum atomic E-state index is -1.21. The Kier molecular flexibility index (Phi) is 10.5. The van der Waals surface area contributed by atoms with E-state index in [1.807, 2.05) is 91.0 Å². The minimum absolute atomic E-state index is 0.0172. The van der Waals surface area contributed by atoms with Gasteiger partial charge in [-0.15, -0.1) is 0 Å². The van der Waals surface area contributed by atoms with Gasteiger partial charge in [0.25, 0.3) is 5.91 Å². The van der Waals surface area contributed by atoms with Gasteiger partial charge in [0.2, 0.25) is 11.8 Å². The Morgan fingerprint density at radius 3 is 2.00 bits per heavy atom. The Balaban J connectivity index is 1.41. The lowest BCUT2D eigenvalue weighted by molar-refractivity contribution is -0.153. The maximum Gasteiger partial charge on any atom is 0.307 e. The van der Waals surface area contributed by atoms with Crippen LogP contribution in [0, 0.1) is 23.2 Å². The number of methoxy groups -OCH3 is 1. The molecule has 1 saturated heterocycles. The summed E-state index contributed by atoms with van der Waals surface area (Å²) in [4.78, 5) is 59.2. The molecule has 4 aromatic rings. The minimum Gasteiger partial charge on any atom is -0.431 e. The smallest absolute Gasteiger partial charge is 0.307 e. The number of likely N-dealkylation sites (tertiary alicyclic amines) is 1. The Hall–Kier alpha value is -4.90. The van der Waals surface area contributed by atoms with E-state index in [2.05, 4.69) is 15.9 Å². The number of piperidine rings is 1. The van der Waals surface area contributed by atoms with E-state index >= 15 is 4.79 Å². The number of para-hydroxylation sites is 1. The average molecular weight is 792 g/mol. The number of esters is 1. The number of amides is 3. The molecule has 3 aliphatic rings. The van der Waals surface area contributed by atoms with Crippen LogP contribution in [0.2, 0.25) is 0 Å². The van der Waals surface area contributed by atoms with Crippen molar-refractivity contribution in [3.05, 3.63) is 148 Å². The van der Waals surface area contributed by atoms with Gasteiger partial charge in [0, 0.05) is 50.9 Å². The largest absolute Gasteiger partial charge is 0.431 e. The zero-order valence-corrected chi connectivity index (χ0v) is 32.3. The van der Waals surface area contributed by atoms with Crippen LogP contribution < -0.4 is 4.90 Å². The summed E-state index contributed by atoms with van der Waals surface area (Å²) in [5, 5.41) is 0. The van der Waals surface area contributed by atoms with Crippen LogP contribution in [0.3, 0.4) is 0 Å². The van der Waals surface area contributed by atoms with Crippen LogP contribution in [0.5, 0.6) is 0 Å². The first-order chi connectivity index (χ1) is 26.0. The van der Waals surface area contributed by atoms with E-state index in [1.165, 1.54) is 13.8 Å². The fourth-order valence-corrected chi connectivity index (χ4v) is 9.98. The van der Waals surface area contributed by atoms with Crippen molar-refractivity contribution < 1.29 is 33.4 Å². The van der Waals surface area contributed by atoms with Gasteiger partial charge in [0.05, 0.1) is 29.9 Å². The third-order valence-electron chi connectivity index (χ3n) is 11.6. The first-order valence-electron chi connectivity index (χ1n) is 18.1. The summed E-state index contributed by atoms with van der Waals surface area (Å²) in [7, 11) is 3.48. The Morgan fingerprint density at radius 1 is 0.870 bits per heavy atom. The van der Waals surface area contributed by atoms with Crippen molar-refractivity contribution in [1.29, 1.82) is 0 Å². The summed E-state index contributed by atoms with van der Waals surface area (Å²) in [5.41, 5.74) is 1.17. The second kappa shape index (κ2) is 15.1. The number of carbonyl (C=O) groups is 4.